The number of nitrogens with one attached hydrogen (secondary N) is 1. The number of hydrogen-bond donors (Lipinski definition) is 3. The molecule has 1 atom stereocenters. The van der Waals surface area contributed by atoms with Crippen molar-refractivity contribution in [3.63, 3.8) is 0 Å². The first kappa shape index (κ1) is 12.2. The summed E-state index contributed by atoms with van der Waals surface area (Å²) in [6, 6.07) is 0. The van der Waals surface area contributed by atoms with Crippen molar-refractivity contribution in [2.24, 2.45) is 0 Å². The minimum atomic E-state index is -0.534. The number of allylic oxidation sites excluding steroid dienone is 3. The van der Waals surface area contributed by atoms with Gasteiger partial charge in [0.25, 0.3) is 0 Å². The lowest BCUT2D eigenvalue weighted by atomic mass is 10.2. The summed E-state index contributed by atoms with van der Waals surface area (Å²) >= 11 is 0. The summed E-state index contributed by atoms with van der Waals surface area (Å²) in [6.07, 6.45) is 7.54. The fourth-order valence-electron chi connectivity index (χ4n) is 1.30. The van der Waals surface area contributed by atoms with Gasteiger partial charge in [-0.3, -0.25) is 0 Å². The molecule has 3 N–H and O–H groups in total. The van der Waals surface area contributed by atoms with Crippen LogP contribution in [0.15, 0.2) is 24.0 Å². The monoisotopic (exact) mass is 213 g/mol. The molecule has 1 aliphatic rings. The number of ether oxygens (including phenoxy) is 1. The van der Waals surface area contributed by atoms with Crippen molar-refractivity contribution < 1.29 is 14.9 Å². The Kier molecular flexibility index (Phi) is 6.08. The molecule has 0 saturated heterocycles. The number of aliphatic hydroxyl groups is 2. The molecular formula is C11H19NO3. The van der Waals surface area contributed by atoms with Gasteiger partial charge < -0.3 is 20.3 Å². The molecule has 0 aromatic heterocycles. The van der Waals surface area contributed by atoms with Gasteiger partial charge in [-0.2, -0.15) is 0 Å². The number of aliphatic hydroxyl groups excluding tert-OH is 2. The van der Waals surface area contributed by atoms with Crippen molar-refractivity contribution >= 4 is 0 Å². The Bertz CT molecular complexity index is 226. The van der Waals surface area contributed by atoms with Gasteiger partial charge in [0, 0.05) is 13.1 Å². The van der Waals surface area contributed by atoms with Crippen LogP contribution in [0.25, 0.3) is 0 Å². The SMILES string of the molecule is OCCNCC(O)COC1=CCCC=C1. The van der Waals surface area contributed by atoms with Crippen LogP contribution in [-0.2, 0) is 4.74 Å². The molecule has 86 valence electrons. The molecular weight excluding hydrogens is 194 g/mol. The van der Waals surface area contributed by atoms with Crippen LogP contribution in [0.1, 0.15) is 12.8 Å². The van der Waals surface area contributed by atoms with Crippen molar-refractivity contribution in [3.8, 4) is 0 Å². The number of hydrogen-bond acceptors (Lipinski definition) is 4. The molecule has 4 heteroatoms. The van der Waals surface area contributed by atoms with Crippen molar-refractivity contribution in [2.75, 3.05) is 26.3 Å². The van der Waals surface area contributed by atoms with E-state index in [2.05, 4.69) is 11.4 Å². The zero-order valence-electron chi connectivity index (χ0n) is 8.85. The van der Waals surface area contributed by atoms with Crippen LogP contribution in [0.4, 0.5) is 0 Å². The Morgan fingerprint density at radius 1 is 1.47 bits per heavy atom. The molecule has 4 nitrogen and oxygen atoms in total. The Morgan fingerprint density at radius 2 is 2.33 bits per heavy atom. The van der Waals surface area contributed by atoms with Crippen molar-refractivity contribution in [1.82, 2.24) is 5.32 Å². The first-order chi connectivity index (χ1) is 7.33. The van der Waals surface area contributed by atoms with Gasteiger partial charge in [0.05, 0.1) is 6.61 Å². The zero-order valence-corrected chi connectivity index (χ0v) is 8.85. The van der Waals surface area contributed by atoms with E-state index in [0.717, 1.165) is 18.6 Å². The lowest BCUT2D eigenvalue weighted by Gasteiger charge is -2.14. The minimum Gasteiger partial charge on any atom is -0.491 e. The molecule has 0 aliphatic heterocycles. The number of rotatable bonds is 7. The van der Waals surface area contributed by atoms with Crippen LogP contribution in [0.3, 0.4) is 0 Å². The molecule has 0 aromatic carbocycles. The van der Waals surface area contributed by atoms with Crippen molar-refractivity contribution in [2.45, 2.75) is 18.9 Å². The van der Waals surface area contributed by atoms with Crippen LogP contribution in [0, 0.1) is 0 Å². The van der Waals surface area contributed by atoms with Crippen LogP contribution in [0.5, 0.6) is 0 Å². The second-order valence-electron chi connectivity index (χ2n) is 3.48. The van der Waals surface area contributed by atoms with Crippen LogP contribution in [-0.4, -0.2) is 42.6 Å². The van der Waals surface area contributed by atoms with Gasteiger partial charge in [0.1, 0.15) is 18.5 Å². The summed E-state index contributed by atoms with van der Waals surface area (Å²) in [5.41, 5.74) is 0. The van der Waals surface area contributed by atoms with Gasteiger partial charge in [-0.05, 0) is 25.0 Å². The summed E-state index contributed by atoms with van der Waals surface area (Å²) in [5.74, 6) is 0.836. The van der Waals surface area contributed by atoms with E-state index in [1.54, 1.807) is 0 Å². The predicted octanol–water partition coefficient (Wildman–Crippen LogP) is 0.180. The molecule has 1 unspecified atom stereocenters. The zero-order chi connectivity index (χ0) is 10.9. The molecule has 0 heterocycles. The smallest absolute Gasteiger partial charge is 0.115 e. The molecule has 0 bridgehead atoms. The standard InChI is InChI=1S/C11H19NO3/c13-7-6-12-8-10(14)9-15-11-4-2-1-3-5-11/h2,4-5,10,12-14H,1,3,6-9H2. The van der Waals surface area contributed by atoms with E-state index in [-0.39, 0.29) is 13.2 Å². The second-order valence-corrected chi connectivity index (χ2v) is 3.48. The molecule has 0 amide bonds. The van der Waals surface area contributed by atoms with Gasteiger partial charge in [0.2, 0.25) is 0 Å². The molecule has 0 aromatic rings. The molecule has 0 radical (unpaired) electrons. The van der Waals surface area contributed by atoms with E-state index in [9.17, 15) is 5.11 Å². The van der Waals surface area contributed by atoms with Gasteiger partial charge in [0.15, 0.2) is 0 Å². The summed E-state index contributed by atoms with van der Waals surface area (Å²) in [6.45, 7) is 1.31. The lowest BCUT2D eigenvalue weighted by Crippen LogP contribution is -2.31. The maximum absolute atomic E-state index is 9.49. The van der Waals surface area contributed by atoms with Crippen LogP contribution < -0.4 is 5.32 Å². The minimum absolute atomic E-state index is 0.0848. The highest BCUT2D eigenvalue weighted by Gasteiger charge is 2.05. The highest BCUT2D eigenvalue weighted by molar-refractivity contribution is 5.15. The van der Waals surface area contributed by atoms with Crippen molar-refractivity contribution in [1.29, 1.82) is 0 Å². The molecule has 1 aliphatic carbocycles. The maximum Gasteiger partial charge on any atom is 0.115 e. The Balaban J connectivity index is 2.08. The third kappa shape index (κ3) is 5.57. The largest absolute Gasteiger partial charge is 0.491 e. The fourth-order valence-corrected chi connectivity index (χ4v) is 1.30. The van der Waals surface area contributed by atoms with Crippen molar-refractivity contribution in [3.05, 3.63) is 24.0 Å². The van der Waals surface area contributed by atoms with E-state index in [1.807, 2.05) is 12.2 Å². The van der Waals surface area contributed by atoms with E-state index in [1.165, 1.54) is 0 Å². The van der Waals surface area contributed by atoms with E-state index in [0.29, 0.717) is 13.1 Å². The van der Waals surface area contributed by atoms with Gasteiger partial charge in [-0.25, -0.2) is 0 Å². The molecule has 15 heavy (non-hydrogen) atoms. The van der Waals surface area contributed by atoms with E-state index >= 15 is 0 Å². The second kappa shape index (κ2) is 7.45. The van der Waals surface area contributed by atoms with Crippen LogP contribution >= 0.6 is 0 Å². The third-order valence-electron chi connectivity index (χ3n) is 2.07. The maximum atomic E-state index is 9.49. The summed E-state index contributed by atoms with van der Waals surface area (Å²) in [4.78, 5) is 0. The molecule has 1 rings (SSSR count). The topological polar surface area (TPSA) is 61.7 Å². The van der Waals surface area contributed by atoms with Gasteiger partial charge >= 0.3 is 0 Å². The molecule has 0 spiro atoms. The Labute approximate surface area is 90.3 Å². The normalized spacial score (nSPS) is 17.3. The van der Waals surface area contributed by atoms with Crippen LogP contribution in [0.2, 0.25) is 0 Å². The highest BCUT2D eigenvalue weighted by atomic mass is 16.5. The first-order valence-electron chi connectivity index (χ1n) is 5.32. The highest BCUT2D eigenvalue weighted by Crippen LogP contribution is 2.10. The molecule has 0 saturated carbocycles. The summed E-state index contributed by atoms with van der Waals surface area (Å²) in [5, 5.41) is 20.9. The summed E-state index contributed by atoms with van der Waals surface area (Å²) < 4.78 is 5.40. The fraction of sp³-hybridized carbons (Fsp3) is 0.636. The summed E-state index contributed by atoms with van der Waals surface area (Å²) in [7, 11) is 0. The predicted molar refractivity (Wildman–Crippen MR) is 58.4 cm³/mol. The quantitative estimate of drug-likeness (QED) is 0.528. The lowest BCUT2D eigenvalue weighted by molar-refractivity contribution is 0.0740. The third-order valence-corrected chi connectivity index (χ3v) is 2.07. The average molecular weight is 213 g/mol. The van der Waals surface area contributed by atoms with E-state index < -0.39 is 6.10 Å². The average Bonchev–Trinajstić information content (AvgIpc) is 2.28. The van der Waals surface area contributed by atoms with Gasteiger partial charge in [-0.15, -0.1) is 0 Å². The Morgan fingerprint density at radius 3 is 3.00 bits per heavy atom. The molecule has 0 fully saturated rings. The first-order valence-corrected chi connectivity index (χ1v) is 5.32. The van der Waals surface area contributed by atoms with Gasteiger partial charge in [-0.1, -0.05) is 6.08 Å². The Hall–Kier alpha value is -0.840. The van der Waals surface area contributed by atoms with E-state index in [4.69, 9.17) is 9.84 Å².